The molecule has 2 aromatic rings. The van der Waals surface area contributed by atoms with Crippen LogP contribution in [0.2, 0.25) is 5.02 Å². The van der Waals surface area contributed by atoms with E-state index in [1.54, 1.807) is 43.0 Å². The summed E-state index contributed by atoms with van der Waals surface area (Å²) in [6, 6.07) is 10.8. The fourth-order valence-corrected chi connectivity index (χ4v) is 5.06. The smallest absolute Gasteiger partial charge is 0.453 e. The molecule has 1 saturated heterocycles. The molecule has 2 unspecified atom stereocenters. The van der Waals surface area contributed by atoms with Crippen molar-refractivity contribution in [3.8, 4) is 11.5 Å². The highest BCUT2D eigenvalue weighted by Crippen LogP contribution is 2.44. The van der Waals surface area contributed by atoms with Crippen LogP contribution in [0, 0.1) is 0 Å². The molecule has 3 aliphatic rings. The largest absolute Gasteiger partial charge is 0.460 e. The maximum absolute atomic E-state index is 12.7. The number of hydrogen-bond acceptors (Lipinski definition) is 8. The van der Waals surface area contributed by atoms with E-state index in [2.05, 4.69) is 0 Å². The number of aryl methyl sites for hydroxylation is 1. The fourth-order valence-electron chi connectivity index (χ4n) is 4.86. The minimum Gasteiger partial charge on any atom is -0.460 e. The van der Waals surface area contributed by atoms with Gasteiger partial charge in [-0.05, 0) is 74.1 Å². The summed E-state index contributed by atoms with van der Waals surface area (Å²) in [4.78, 5) is 39.8. The molecular formula is C26H26ClNO8. The van der Waals surface area contributed by atoms with Crippen LogP contribution in [0.5, 0.6) is 11.5 Å². The van der Waals surface area contributed by atoms with E-state index in [9.17, 15) is 14.4 Å². The molecule has 36 heavy (non-hydrogen) atoms. The lowest BCUT2D eigenvalue weighted by Gasteiger charge is -2.30. The lowest BCUT2D eigenvalue weighted by molar-refractivity contribution is -0.202. The van der Waals surface area contributed by atoms with Crippen molar-refractivity contribution in [2.75, 3.05) is 19.8 Å². The number of nitrogens with zero attached hydrogens (tertiary/aromatic N) is 1. The fraction of sp³-hybridized carbons (Fsp3) is 0.423. The summed E-state index contributed by atoms with van der Waals surface area (Å²) in [6.45, 7) is 3.77. The number of halogens is 1. The van der Waals surface area contributed by atoms with Crippen LogP contribution in [-0.2, 0) is 36.6 Å². The third kappa shape index (κ3) is 4.21. The maximum Gasteiger partial charge on any atom is 0.453 e. The summed E-state index contributed by atoms with van der Waals surface area (Å²) >= 11 is 6.11. The summed E-state index contributed by atoms with van der Waals surface area (Å²) in [5.74, 6) is -3.75. The molecule has 2 heterocycles. The second-order valence-corrected chi connectivity index (χ2v) is 9.24. The van der Waals surface area contributed by atoms with E-state index in [0.717, 1.165) is 23.1 Å². The van der Waals surface area contributed by atoms with Gasteiger partial charge in [-0.2, -0.15) is 0 Å². The zero-order valence-corrected chi connectivity index (χ0v) is 20.7. The third-order valence-electron chi connectivity index (χ3n) is 6.57. The Morgan fingerprint density at radius 2 is 1.72 bits per heavy atom. The van der Waals surface area contributed by atoms with Crippen LogP contribution >= 0.6 is 11.6 Å². The van der Waals surface area contributed by atoms with E-state index in [-0.39, 0.29) is 43.0 Å². The van der Waals surface area contributed by atoms with E-state index in [1.165, 1.54) is 0 Å². The highest BCUT2D eigenvalue weighted by Gasteiger charge is 2.60. The van der Waals surface area contributed by atoms with E-state index in [0.29, 0.717) is 24.4 Å². The first-order valence-electron chi connectivity index (χ1n) is 12.0. The minimum atomic E-state index is -2.33. The molecule has 2 aliphatic heterocycles. The average Bonchev–Trinajstić information content (AvgIpc) is 3.44. The van der Waals surface area contributed by atoms with Gasteiger partial charge in [0.15, 0.2) is 11.5 Å². The number of carbonyl (C=O) groups is 3. The zero-order chi connectivity index (χ0) is 25.4. The Balaban J connectivity index is 1.35. The third-order valence-corrected chi connectivity index (χ3v) is 6.80. The Morgan fingerprint density at radius 3 is 2.36 bits per heavy atom. The molecule has 190 valence electrons. The van der Waals surface area contributed by atoms with Gasteiger partial charge in [-0.15, -0.1) is 0 Å². The van der Waals surface area contributed by atoms with Crippen molar-refractivity contribution in [1.82, 2.24) is 4.90 Å². The number of cyclic esters (lactones) is 1. The maximum atomic E-state index is 12.7. The Hall–Kier alpha value is -3.46. The standard InChI is InChI=1S/C26H26ClNO8/c1-3-32-23(29)26(24(30)33-4-2)35-20-12-15-8-9-19(11-17(15)13-21(20)36-26)28-14-22(34-25(28)31)16-6-5-7-18(27)10-16/h5-7,10,12-13,19,22H,3-4,8-9,11,14H2,1-2H3. The molecule has 0 N–H and O–H groups in total. The lowest BCUT2D eigenvalue weighted by atomic mass is 9.87. The molecule has 10 heteroatoms. The number of hydrogen-bond donors (Lipinski definition) is 0. The van der Waals surface area contributed by atoms with Crippen molar-refractivity contribution in [3.05, 3.63) is 58.1 Å². The number of benzene rings is 2. The van der Waals surface area contributed by atoms with Gasteiger partial charge in [0.05, 0.1) is 19.8 Å². The lowest BCUT2D eigenvalue weighted by Crippen LogP contribution is -2.55. The summed E-state index contributed by atoms with van der Waals surface area (Å²) in [5, 5.41) is 0.589. The summed E-state index contributed by atoms with van der Waals surface area (Å²) in [5.41, 5.74) is 2.79. The van der Waals surface area contributed by atoms with Gasteiger partial charge in [-0.1, -0.05) is 23.7 Å². The molecule has 0 saturated carbocycles. The van der Waals surface area contributed by atoms with Crippen LogP contribution in [-0.4, -0.2) is 54.5 Å². The monoisotopic (exact) mass is 515 g/mol. The quantitative estimate of drug-likeness (QED) is 0.323. The summed E-state index contributed by atoms with van der Waals surface area (Å²) < 4.78 is 27.2. The molecule has 0 radical (unpaired) electrons. The van der Waals surface area contributed by atoms with Gasteiger partial charge in [-0.3, -0.25) is 0 Å². The highest BCUT2D eigenvalue weighted by molar-refractivity contribution is 6.30. The Bertz CT molecular complexity index is 1200. The van der Waals surface area contributed by atoms with Crippen molar-refractivity contribution < 1.29 is 38.1 Å². The number of carbonyl (C=O) groups excluding carboxylic acids is 3. The first-order chi connectivity index (χ1) is 17.3. The normalized spacial score (nSPS) is 21.5. The molecule has 1 aliphatic carbocycles. The van der Waals surface area contributed by atoms with Crippen LogP contribution in [0.15, 0.2) is 36.4 Å². The van der Waals surface area contributed by atoms with Crippen LogP contribution in [0.25, 0.3) is 0 Å². The van der Waals surface area contributed by atoms with Gasteiger partial charge in [0.25, 0.3) is 0 Å². The Labute approximate surface area is 213 Å². The molecule has 0 aromatic heterocycles. The number of amides is 1. The summed E-state index contributed by atoms with van der Waals surface area (Å²) in [7, 11) is 0. The molecule has 2 atom stereocenters. The van der Waals surface area contributed by atoms with Crippen LogP contribution in [0.1, 0.15) is 43.1 Å². The minimum absolute atomic E-state index is 0.0450. The number of esters is 2. The van der Waals surface area contributed by atoms with Crippen molar-refractivity contribution in [2.24, 2.45) is 0 Å². The number of ether oxygens (including phenoxy) is 5. The van der Waals surface area contributed by atoms with Crippen molar-refractivity contribution >= 4 is 29.6 Å². The van der Waals surface area contributed by atoms with Crippen LogP contribution < -0.4 is 9.47 Å². The van der Waals surface area contributed by atoms with Gasteiger partial charge in [0.2, 0.25) is 0 Å². The van der Waals surface area contributed by atoms with Gasteiger partial charge < -0.3 is 28.6 Å². The molecule has 2 aromatic carbocycles. The topological polar surface area (TPSA) is 101 Å². The molecule has 9 nitrogen and oxygen atoms in total. The first kappa shape index (κ1) is 24.2. The zero-order valence-electron chi connectivity index (χ0n) is 20.0. The summed E-state index contributed by atoms with van der Waals surface area (Å²) in [6.07, 6.45) is 1.22. The van der Waals surface area contributed by atoms with E-state index >= 15 is 0 Å². The second kappa shape index (κ2) is 9.54. The van der Waals surface area contributed by atoms with Crippen molar-refractivity contribution in [1.29, 1.82) is 0 Å². The molecule has 1 fully saturated rings. The molecule has 0 bridgehead atoms. The van der Waals surface area contributed by atoms with Gasteiger partial charge in [0.1, 0.15) is 6.10 Å². The van der Waals surface area contributed by atoms with Crippen molar-refractivity contribution in [2.45, 2.75) is 51.0 Å². The highest BCUT2D eigenvalue weighted by atomic mass is 35.5. The predicted octanol–water partition coefficient (Wildman–Crippen LogP) is 3.98. The Kier molecular flexibility index (Phi) is 6.42. The average molecular weight is 516 g/mol. The Morgan fingerprint density at radius 1 is 1.06 bits per heavy atom. The SMILES string of the molecule is CCOC(=O)C1(C(=O)OCC)Oc2cc3c(cc2O1)CC(N1CC(c2cccc(Cl)c2)OC1=O)CC3. The van der Waals surface area contributed by atoms with Crippen LogP contribution in [0.4, 0.5) is 4.79 Å². The molecule has 0 spiro atoms. The van der Waals surface area contributed by atoms with Crippen LogP contribution in [0.3, 0.4) is 0 Å². The van der Waals surface area contributed by atoms with E-state index < -0.39 is 17.7 Å². The predicted molar refractivity (Wildman–Crippen MR) is 127 cm³/mol. The van der Waals surface area contributed by atoms with E-state index in [4.69, 9.17) is 35.3 Å². The molecule has 5 rings (SSSR count). The van der Waals surface area contributed by atoms with Gasteiger partial charge >= 0.3 is 23.8 Å². The number of fused-ring (bicyclic) bond motifs is 2. The van der Waals surface area contributed by atoms with Gasteiger partial charge in [-0.25, -0.2) is 14.4 Å². The van der Waals surface area contributed by atoms with Crippen molar-refractivity contribution in [3.63, 3.8) is 0 Å². The molecule has 1 amide bonds. The van der Waals surface area contributed by atoms with Gasteiger partial charge in [0, 0.05) is 11.1 Å². The first-order valence-corrected chi connectivity index (χ1v) is 12.3. The van der Waals surface area contributed by atoms with E-state index in [1.807, 2.05) is 12.1 Å². The second-order valence-electron chi connectivity index (χ2n) is 8.81. The number of rotatable bonds is 6. The molecular weight excluding hydrogens is 490 g/mol.